The molecule has 5 heteroatoms. The fraction of sp³-hybridized carbons (Fsp3) is 0.300. The van der Waals surface area contributed by atoms with Crippen molar-refractivity contribution in [3.8, 4) is 0 Å². The lowest BCUT2D eigenvalue weighted by Gasteiger charge is -2.12. The molecule has 0 saturated heterocycles. The molecule has 4 nitrogen and oxygen atoms in total. The van der Waals surface area contributed by atoms with E-state index in [0.29, 0.717) is 6.42 Å². The maximum atomic E-state index is 12.6. The normalized spacial score (nSPS) is 12.2. The number of methoxy groups -OCH3 is 1. The molecule has 1 aromatic rings. The topological polar surface area (TPSA) is 64.3 Å². The Morgan fingerprint density at radius 2 is 2.13 bits per heavy atom. The Morgan fingerprint density at radius 1 is 1.53 bits per heavy atom. The summed E-state index contributed by atoms with van der Waals surface area (Å²) in [7, 11) is 1.29. The first kappa shape index (κ1) is 11.6. The molecule has 0 aliphatic heterocycles. The summed E-state index contributed by atoms with van der Waals surface area (Å²) in [5.74, 6) is 4.45. The van der Waals surface area contributed by atoms with E-state index in [1.165, 1.54) is 19.2 Å². The summed E-state index contributed by atoms with van der Waals surface area (Å²) < 4.78 is 17.1. The standard InChI is InChI=1S/C10H13FN2O2/c1-15-10(14)9(13-12)6-7-2-4-8(11)5-3-7/h2-5,9,13H,6,12H2,1H3/t9-/m1/s1. The fourth-order valence-electron chi connectivity index (χ4n) is 1.21. The number of rotatable bonds is 4. The van der Waals surface area contributed by atoms with Crippen LogP contribution in [-0.2, 0) is 16.0 Å². The molecule has 3 N–H and O–H groups in total. The number of hydrazine groups is 1. The third-order valence-electron chi connectivity index (χ3n) is 2.04. The van der Waals surface area contributed by atoms with Crippen LogP contribution in [0.15, 0.2) is 24.3 Å². The molecule has 0 radical (unpaired) electrons. The van der Waals surface area contributed by atoms with Crippen LogP contribution in [0.25, 0.3) is 0 Å². The van der Waals surface area contributed by atoms with Crippen LogP contribution in [0.4, 0.5) is 4.39 Å². The first-order valence-corrected chi connectivity index (χ1v) is 4.45. The van der Waals surface area contributed by atoms with Crippen molar-refractivity contribution in [2.75, 3.05) is 7.11 Å². The predicted molar refractivity (Wildman–Crippen MR) is 53.2 cm³/mol. The summed E-state index contributed by atoms with van der Waals surface area (Å²) in [5, 5.41) is 0. The number of nitrogens with one attached hydrogen (secondary N) is 1. The van der Waals surface area contributed by atoms with Gasteiger partial charge in [-0.15, -0.1) is 0 Å². The minimum atomic E-state index is -0.611. The molecule has 0 heterocycles. The number of esters is 1. The van der Waals surface area contributed by atoms with Crippen molar-refractivity contribution in [1.82, 2.24) is 5.43 Å². The van der Waals surface area contributed by atoms with Crippen molar-refractivity contribution in [2.45, 2.75) is 12.5 Å². The minimum Gasteiger partial charge on any atom is -0.468 e. The second-order valence-electron chi connectivity index (χ2n) is 3.07. The molecule has 0 bridgehead atoms. The van der Waals surface area contributed by atoms with Crippen molar-refractivity contribution in [1.29, 1.82) is 0 Å². The van der Waals surface area contributed by atoms with Gasteiger partial charge in [-0.25, -0.2) is 9.82 Å². The number of nitrogens with two attached hydrogens (primary N) is 1. The van der Waals surface area contributed by atoms with Crippen LogP contribution in [0, 0.1) is 5.82 Å². The third-order valence-corrected chi connectivity index (χ3v) is 2.04. The van der Waals surface area contributed by atoms with Crippen LogP contribution in [0.5, 0.6) is 0 Å². The fourth-order valence-corrected chi connectivity index (χ4v) is 1.21. The van der Waals surface area contributed by atoms with Crippen LogP contribution in [0.1, 0.15) is 5.56 Å². The zero-order valence-electron chi connectivity index (χ0n) is 8.37. The van der Waals surface area contributed by atoms with Gasteiger partial charge in [0.25, 0.3) is 0 Å². The number of ether oxygens (including phenoxy) is 1. The lowest BCUT2D eigenvalue weighted by Crippen LogP contribution is -2.43. The van der Waals surface area contributed by atoms with E-state index in [0.717, 1.165) is 5.56 Å². The van der Waals surface area contributed by atoms with Gasteiger partial charge in [0, 0.05) is 0 Å². The first-order chi connectivity index (χ1) is 7.17. The van der Waals surface area contributed by atoms with Crippen LogP contribution < -0.4 is 11.3 Å². The molecule has 1 rings (SSSR count). The molecule has 0 saturated carbocycles. The van der Waals surface area contributed by atoms with Gasteiger partial charge >= 0.3 is 5.97 Å². The highest BCUT2D eigenvalue weighted by Gasteiger charge is 2.17. The van der Waals surface area contributed by atoms with Gasteiger partial charge in [-0.05, 0) is 24.1 Å². The number of carbonyl (C=O) groups excluding carboxylic acids is 1. The smallest absolute Gasteiger partial charge is 0.324 e. The molecular weight excluding hydrogens is 199 g/mol. The van der Waals surface area contributed by atoms with Crippen molar-refractivity contribution in [3.05, 3.63) is 35.6 Å². The number of halogens is 1. The first-order valence-electron chi connectivity index (χ1n) is 4.45. The summed E-state index contributed by atoms with van der Waals surface area (Å²) in [6.07, 6.45) is 0.365. The van der Waals surface area contributed by atoms with Gasteiger partial charge in [-0.1, -0.05) is 12.1 Å². The van der Waals surface area contributed by atoms with E-state index in [4.69, 9.17) is 5.84 Å². The highest BCUT2D eigenvalue weighted by Crippen LogP contribution is 2.06. The Kier molecular flexibility index (Phi) is 4.20. The number of carbonyl (C=O) groups is 1. The molecule has 82 valence electrons. The molecule has 0 unspecified atom stereocenters. The minimum absolute atomic E-state index is 0.311. The Morgan fingerprint density at radius 3 is 2.60 bits per heavy atom. The lowest BCUT2D eigenvalue weighted by atomic mass is 10.1. The largest absolute Gasteiger partial charge is 0.468 e. The second kappa shape index (κ2) is 5.43. The Hall–Kier alpha value is -1.46. The molecule has 15 heavy (non-hydrogen) atoms. The average Bonchev–Trinajstić information content (AvgIpc) is 2.27. The van der Waals surface area contributed by atoms with E-state index >= 15 is 0 Å². The van der Waals surface area contributed by atoms with Gasteiger partial charge in [0.1, 0.15) is 11.9 Å². The van der Waals surface area contributed by atoms with Crippen molar-refractivity contribution < 1.29 is 13.9 Å². The summed E-state index contributed by atoms with van der Waals surface area (Å²) in [6.45, 7) is 0. The maximum Gasteiger partial charge on any atom is 0.324 e. The highest BCUT2D eigenvalue weighted by molar-refractivity contribution is 5.75. The van der Waals surface area contributed by atoms with Gasteiger partial charge in [-0.2, -0.15) is 0 Å². The highest BCUT2D eigenvalue weighted by atomic mass is 19.1. The van der Waals surface area contributed by atoms with Gasteiger partial charge in [0.2, 0.25) is 0 Å². The second-order valence-corrected chi connectivity index (χ2v) is 3.07. The van der Waals surface area contributed by atoms with Crippen LogP contribution >= 0.6 is 0 Å². The van der Waals surface area contributed by atoms with Crippen molar-refractivity contribution in [3.63, 3.8) is 0 Å². The number of hydrogen-bond donors (Lipinski definition) is 2. The monoisotopic (exact) mass is 212 g/mol. The molecule has 0 spiro atoms. The van der Waals surface area contributed by atoms with E-state index in [1.54, 1.807) is 12.1 Å². The van der Waals surface area contributed by atoms with E-state index in [1.807, 2.05) is 0 Å². The van der Waals surface area contributed by atoms with Crippen LogP contribution in [0.3, 0.4) is 0 Å². The molecule has 1 aromatic carbocycles. The van der Waals surface area contributed by atoms with Crippen LogP contribution in [0.2, 0.25) is 0 Å². The van der Waals surface area contributed by atoms with Crippen molar-refractivity contribution >= 4 is 5.97 Å². The van der Waals surface area contributed by atoms with E-state index in [9.17, 15) is 9.18 Å². The summed E-state index contributed by atoms with van der Waals surface area (Å²) in [4.78, 5) is 11.2. The van der Waals surface area contributed by atoms with E-state index in [2.05, 4.69) is 10.2 Å². The van der Waals surface area contributed by atoms with Crippen LogP contribution in [-0.4, -0.2) is 19.1 Å². The molecule has 0 fully saturated rings. The average molecular weight is 212 g/mol. The maximum absolute atomic E-state index is 12.6. The Balaban J connectivity index is 2.66. The lowest BCUT2D eigenvalue weighted by molar-refractivity contribution is -0.143. The molecule has 0 aliphatic rings. The number of hydrogen-bond acceptors (Lipinski definition) is 4. The van der Waals surface area contributed by atoms with Gasteiger partial charge in [-0.3, -0.25) is 10.6 Å². The molecule has 0 aromatic heterocycles. The van der Waals surface area contributed by atoms with Gasteiger partial charge in [0.05, 0.1) is 7.11 Å². The Labute approximate surface area is 87.2 Å². The SMILES string of the molecule is COC(=O)[C@@H](Cc1ccc(F)cc1)NN. The summed E-state index contributed by atoms with van der Waals surface area (Å²) in [6, 6.07) is 5.26. The molecule has 1 atom stereocenters. The number of benzene rings is 1. The summed E-state index contributed by atoms with van der Waals surface area (Å²) >= 11 is 0. The van der Waals surface area contributed by atoms with Gasteiger partial charge < -0.3 is 4.74 Å². The molecular formula is C10H13FN2O2. The van der Waals surface area contributed by atoms with Gasteiger partial charge in [0.15, 0.2) is 0 Å². The quantitative estimate of drug-likeness (QED) is 0.430. The zero-order chi connectivity index (χ0) is 11.3. The van der Waals surface area contributed by atoms with E-state index in [-0.39, 0.29) is 5.82 Å². The third kappa shape index (κ3) is 3.30. The molecule has 0 aliphatic carbocycles. The van der Waals surface area contributed by atoms with E-state index < -0.39 is 12.0 Å². The molecule has 0 amide bonds. The predicted octanol–water partition coefficient (Wildman–Crippen LogP) is 0.373. The van der Waals surface area contributed by atoms with Crippen molar-refractivity contribution in [2.24, 2.45) is 5.84 Å². The Bertz CT molecular complexity index is 327. The summed E-state index contributed by atoms with van der Waals surface area (Å²) in [5.41, 5.74) is 3.16. The zero-order valence-corrected chi connectivity index (χ0v) is 8.37.